The number of hydrogen-bond acceptors (Lipinski definition) is 1. The molecule has 1 heteroatoms. The van der Waals surface area contributed by atoms with Crippen LogP contribution in [0, 0.1) is 11.3 Å². The van der Waals surface area contributed by atoms with Crippen LogP contribution in [0.3, 0.4) is 0 Å². The zero-order valence-corrected chi connectivity index (χ0v) is 14.6. The van der Waals surface area contributed by atoms with Crippen LogP contribution in [-0.4, -0.2) is 13.1 Å². The molecule has 0 aliphatic heterocycles. The van der Waals surface area contributed by atoms with E-state index in [0.29, 0.717) is 0 Å². The van der Waals surface area contributed by atoms with Crippen LogP contribution in [0.1, 0.15) is 85.5 Å². The number of nitrogens with one attached hydrogen (secondary N) is 1. The summed E-state index contributed by atoms with van der Waals surface area (Å²) in [5.74, 6) is 0.729. The highest BCUT2D eigenvalue weighted by Gasteiger charge is 2.19. The minimum atomic E-state index is 0.275. The van der Waals surface area contributed by atoms with Gasteiger partial charge in [0.15, 0.2) is 0 Å². The van der Waals surface area contributed by atoms with Crippen LogP contribution < -0.4 is 5.32 Å². The Labute approximate surface area is 128 Å². The lowest BCUT2D eigenvalue weighted by Crippen LogP contribution is -2.32. The van der Waals surface area contributed by atoms with Gasteiger partial charge in [0.2, 0.25) is 0 Å². The number of hydrogen-bond donors (Lipinski definition) is 1. The van der Waals surface area contributed by atoms with Gasteiger partial charge in [-0.1, -0.05) is 85.1 Å². The Hall–Kier alpha value is -0.300. The highest BCUT2D eigenvalue weighted by atomic mass is 14.9. The van der Waals surface area contributed by atoms with E-state index in [2.05, 4.69) is 45.7 Å². The smallest absolute Gasteiger partial charge is 0.00399 e. The Morgan fingerprint density at radius 2 is 1.55 bits per heavy atom. The van der Waals surface area contributed by atoms with Gasteiger partial charge in [-0.3, -0.25) is 0 Å². The van der Waals surface area contributed by atoms with Crippen LogP contribution in [-0.2, 0) is 0 Å². The molecule has 0 aromatic heterocycles. The maximum atomic E-state index is 4.04. The van der Waals surface area contributed by atoms with E-state index in [-0.39, 0.29) is 5.41 Å². The van der Waals surface area contributed by atoms with Crippen LogP contribution in [0.15, 0.2) is 12.7 Å². The van der Waals surface area contributed by atoms with E-state index in [1.54, 1.807) is 0 Å². The minimum Gasteiger partial charge on any atom is -0.316 e. The SMILES string of the molecule is C=CC(C)(CCCCCCCCCC)CNCC(C)C. The Kier molecular flexibility index (Phi) is 12.3. The third kappa shape index (κ3) is 11.5. The lowest BCUT2D eigenvalue weighted by Gasteiger charge is -2.26. The molecule has 0 saturated heterocycles. The van der Waals surface area contributed by atoms with Gasteiger partial charge in [-0.15, -0.1) is 6.58 Å². The van der Waals surface area contributed by atoms with Gasteiger partial charge >= 0.3 is 0 Å². The van der Waals surface area contributed by atoms with Crippen LogP contribution >= 0.6 is 0 Å². The normalized spacial score (nSPS) is 14.4. The second-order valence-corrected chi connectivity index (χ2v) is 7.11. The summed E-state index contributed by atoms with van der Waals surface area (Å²) in [7, 11) is 0. The van der Waals surface area contributed by atoms with E-state index in [1.165, 1.54) is 57.8 Å². The molecular formula is C19H39N. The highest BCUT2D eigenvalue weighted by Crippen LogP contribution is 2.25. The zero-order chi connectivity index (χ0) is 15.3. The lowest BCUT2D eigenvalue weighted by atomic mass is 9.84. The Bertz CT molecular complexity index is 222. The van der Waals surface area contributed by atoms with Crippen molar-refractivity contribution in [2.24, 2.45) is 11.3 Å². The van der Waals surface area contributed by atoms with Gasteiger partial charge < -0.3 is 5.32 Å². The number of rotatable bonds is 14. The summed E-state index contributed by atoms with van der Waals surface area (Å²) in [5.41, 5.74) is 0.275. The third-order valence-corrected chi connectivity index (χ3v) is 4.18. The van der Waals surface area contributed by atoms with Gasteiger partial charge in [-0.2, -0.15) is 0 Å². The van der Waals surface area contributed by atoms with Gasteiger partial charge in [0.25, 0.3) is 0 Å². The quantitative estimate of drug-likeness (QED) is 0.306. The Morgan fingerprint density at radius 1 is 1.00 bits per heavy atom. The summed E-state index contributed by atoms with van der Waals surface area (Å²) >= 11 is 0. The summed E-state index contributed by atoms with van der Waals surface area (Å²) in [6.45, 7) is 15.4. The molecule has 0 heterocycles. The zero-order valence-electron chi connectivity index (χ0n) is 14.6. The fourth-order valence-electron chi connectivity index (χ4n) is 2.57. The van der Waals surface area contributed by atoms with Gasteiger partial charge in [-0.05, 0) is 24.3 Å². The molecule has 0 aromatic carbocycles. The molecule has 0 amide bonds. The maximum Gasteiger partial charge on any atom is 0.00399 e. The second kappa shape index (κ2) is 12.4. The largest absolute Gasteiger partial charge is 0.316 e. The van der Waals surface area contributed by atoms with Crippen LogP contribution in [0.5, 0.6) is 0 Å². The first-order valence-electron chi connectivity index (χ1n) is 8.88. The minimum absolute atomic E-state index is 0.275. The fourth-order valence-corrected chi connectivity index (χ4v) is 2.57. The molecule has 20 heavy (non-hydrogen) atoms. The molecular weight excluding hydrogens is 242 g/mol. The van der Waals surface area contributed by atoms with Crippen LogP contribution in [0.25, 0.3) is 0 Å². The van der Waals surface area contributed by atoms with Crippen LogP contribution in [0.4, 0.5) is 0 Å². The van der Waals surface area contributed by atoms with Crippen molar-refractivity contribution in [3.05, 3.63) is 12.7 Å². The van der Waals surface area contributed by atoms with E-state index in [9.17, 15) is 0 Å². The molecule has 1 N–H and O–H groups in total. The van der Waals surface area contributed by atoms with E-state index >= 15 is 0 Å². The van der Waals surface area contributed by atoms with Gasteiger partial charge in [0.05, 0.1) is 0 Å². The monoisotopic (exact) mass is 281 g/mol. The van der Waals surface area contributed by atoms with E-state index < -0.39 is 0 Å². The first kappa shape index (κ1) is 19.7. The first-order valence-corrected chi connectivity index (χ1v) is 8.88. The topological polar surface area (TPSA) is 12.0 Å². The van der Waals surface area contributed by atoms with Gasteiger partial charge in [0, 0.05) is 6.54 Å². The maximum absolute atomic E-state index is 4.04. The summed E-state index contributed by atoms with van der Waals surface area (Å²) in [6.07, 6.45) is 14.6. The van der Waals surface area contributed by atoms with Crippen molar-refractivity contribution in [3.63, 3.8) is 0 Å². The molecule has 1 atom stereocenters. The van der Waals surface area contributed by atoms with Gasteiger partial charge in [-0.25, -0.2) is 0 Å². The number of unbranched alkanes of at least 4 members (excludes halogenated alkanes) is 7. The molecule has 0 bridgehead atoms. The van der Waals surface area contributed by atoms with Crippen molar-refractivity contribution in [1.82, 2.24) is 5.32 Å². The van der Waals surface area contributed by atoms with Crippen molar-refractivity contribution >= 4 is 0 Å². The molecule has 0 aliphatic carbocycles. The fraction of sp³-hybridized carbons (Fsp3) is 0.895. The summed E-state index contributed by atoms with van der Waals surface area (Å²) < 4.78 is 0. The van der Waals surface area contributed by atoms with E-state index in [0.717, 1.165) is 19.0 Å². The average Bonchev–Trinajstić information content (AvgIpc) is 2.41. The standard InChI is InChI=1S/C19H39N/c1-6-8-9-10-11-12-13-14-15-19(5,7-2)17-20-16-18(3)4/h7,18,20H,2,6,8-17H2,1,3-5H3. The summed E-state index contributed by atoms with van der Waals surface area (Å²) in [6, 6.07) is 0. The van der Waals surface area contributed by atoms with Gasteiger partial charge in [0.1, 0.15) is 0 Å². The summed E-state index contributed by atoms with van der Waals surface area (Å²) in [5, 5.41) is 3.58. The Morgan fingerprint density at radius 3 is 2.05 bits per heavy atom. The molecule has 1 nitrogen and oxygen atoms in total. The third-order valence-electron chi connectivity index (χ3n) is 4.18. The molecule has 0 fully saturated rings. The lowest BCUT2D eigenvalue weighted by molar-refractivity contribution is 0.339. The molecule has 0 saturated carbocycles. The predicted molar refractivity (Wildman–Crippen MR) is 93.2 cm³/mol. The molecule has 1 unspecified atom stereocenters. The molecule has 0 aromatic rings. The van der Waals surface area contributed by atoms with Crippen molar-refractivity contribution in [3.8, 4) is 0 Å². The van der Waals surface area contributed by atoms with Crippen molar-refractivity contribution in [2.45, 2.75) is 85.5 Å². The Balaban J connectivity index is 3.59. The van der Waals surface area contributed by atoms with Crippen molar-refractivity contribution in [2.75, 3.05) is 13.1 Å². The van der Waals surface area contributed by atoms with Crippen LogP contribution in [0.2, 0.25) is 0 Å². The molecule has 0 spiro atoms. The highest BCUT2D eigenvalue weighted by molar-refractivity contribution is 4.93. The van der Waals surface area contributed by atoms with Crippen molar-refractivity contribution in [1.29, 1.82) is 0 Å². The van der Waals surface area contributed by atoms with E-state index in [4.69, 9.17) is 0 Å². The molecule has 120 valence electrons. The van der Waals surface area contributed by atoms with E-state index in [1.807, 2.05) is 0 Å². The molecule has 0 radical (unpaired) electrons. The molecule has 0 aliphatic rings. The molecule has 0 rings (SSSR count). The summed E-state index contributed by atoms with van der Waals surface area (Å²) in [4.78, 5) is 0. The predicted octanol–water partition coefficient (Wildman–Crippen LogP) is 5.96. The second-order valence-electron chi connectivity index (χ2n) is 7.11. The average molecular weight is 282 g/mol. The first-order chi connectivity index (χ1) is 9.54. The van der Waals surface area contributed by atoms with Crippen molar-refractivity contribution < 1.29 is 0 Å².